The molecule has 0 aromatic heterocycles. The van der Waals surface area contributed by atoms with Crippen molar-refractivity contribution < 1.29 is 13.2 Å². The van der Waals surface area contributed by atoms with Crippen molar-refractivity contribution in [3.8, 4) is 0 Å². The smallest absolute Gasteiger partial charge is 0.224 e. The van der Waals surface area contributed by atoms with Crippen molar-refractivity contribution in [2.24, 2.45) is 0 Å². The van der Waals surface area contributed by atoms with Gasteiger partial charge < -0.3 is 15.1 Å². The summed E-state index contributed by atoms with van der Waals surface area (Å²) < 4.78 is 23.1. The van der Waals surface area contributed by atoms with Crippen LogP contribution < -0.4 is 5.32 Å². The molecule has 0 saturated carbocycles. The summed E-state index contributed by atoms with van der Waals surface area (Å²) in [6.07, 6.45) is 1.29. The Labute approximate surface area is 115 Å². The number of likely N-dealkylation sites (N-methyl/N-ethyl adjacent to an activating group) is 1. The molecule has 0 aromatic carbocycles. The summed E-state index contributed by atoms with van der Waals surface area (Å²) in [5, 5.41) is 3.13. The molecule has 2 saturated heterocycles. The Morgan fingerprint density at radius 3 is 2.74 bits per heavy atom. The number of hydrogen-bond acceptors (Lipinski definition) is 5. The first kappa shape index (κ1) is 14.7. The molecule has 1 N–H and O–H groups in total. The van der Waals surface area contributed by atoms with Crippen molar-refractivity contribution in [1.82, 2.24) is 15.1 Å². The van der Waals surface area contributed by atoms with E-state index in [4.69, 9.17) is 0 Å². The predicted octanol–water partition coefficient (Wildman–Crippen LogP) is -1.07. The van der Waals surface area contributed by atoms with Crippen molar-refractivity contribution in [2.75, 3.05) is 45.2 Å². The summed E-state index contributed by atoms with van der Waals surface area (Å²) in [5.74, 6) is 0.340. The van der Waals surface area contributed by atoms with E-state index < -0.39 is 9.84 Å². The summed E-state index contributed by atoms with van der Waals surface area (Å²) in [5.41, 5.74) is 0. The Morgan fingerprint density at radius 2 is 2.16 bits per heavy atom. The van der Waals surface area contributed by atoms with Gasteiger partial charge in [0.25, 0.3) is 0 Å². The van der Waals surface area contributed by atoms with Gasteiger partial charge in [0, 0.05) is 38.1 Å². The van der Waals surface area contributed by atoms with Crippen LogP contribution in [0.3, 0.4) is 0 Å². The van der Waals surface area contributed by atoms with Crippen molar-refractivity contribution in [1.29, 1.82) is 0 Å². The highest BCUT2D eigenvalue weighted by molar-refractivity contribution is 7.91. The average molecular weight is 289 g/mol. The normalized spacial score (nSPS) is 30.8. The van der Waals surface area contributed by atoms with E-state index in [0.717, 1.165) is 19.5 Å². The molecule has 2 atom stereocenters. The van der Waals surface area contributed by atoms with E-state index >= 15 is 0 Å². The fourth-order valence-corrected chi connectivity index (χ4v) is 4.17. The maximum atomic E-state index is 12.2. The number of likely N-dealkylation sites (tertiary alicyclic amines) is 1. The predicted molar refractivity (Wildman–Crippen MR) is 73.7 cm³/mol. The van der Waals surface area contributed by atoms with Gasteiger partial charge in [-0.1, -0.05) is 0 Å². The monoisotopic (exact) mass is 289 g/mol. The Morgan fingerprint density at radius 1 is 1.42 bits per heavy atom. The lowest BCUT2D eigenvalue weighted by atomic mass is 10.2. The van der Waals surface area contributed by atoms with Gasteiger partial charge in [0.05, 0.1) is 11.5 Å². The van der Waals surface area contributed by atoms with Crippen LogP contribution in [0.5, 0.6) is 0 Å². The van der Waals surface area contributed by atoms with E-state index in [2.05, 4.69) is 10.2 Å². The van der Waals surface area contributed by atoms with Gasteiger partial charge in [0.15, 0.2) is 9.84 Å². The number of rotatable bonds is 3. The number of amides is 1. The van der Waals surface area contributed by atoms with E-state index in [1.807, 2.05) is 19.0 Å². The summed E-state index contributed by atoms with van der Waals surface area (Å²) in [6.45, 7) is 1.99. The van der Waals surface area contributed by atoms with Crippen molar-refractivity contribution >= 4 is 15.7 Å². The van der Waals surface area contributed by atoms with Gasteiger partial charge >= 0.3 is 0 Å². The molecule has 19 heavy (non-hydrogen) atoms. The van der Waals surface area contributed by atoms with Gasteiger partial charge in [0.1, 0.15) is 0 Å². The highest BCUT2D eigenvalue weighted by Gasteiger charge is 2.31. The minimum Gasteiger partial charge on any atom is -0.341 e. The lowest BCUT2D eigenvalue weighted by Gasteiger charge is -2.26. The summed E-state index contributed by atoms with van der Waals surface area (Å²) in [6, 6.07) is 0.205. The van der Waals surface area contributed by atoms with Crippen molar-refractivity contribution in [2.45, 2.75) is 24.9 Å². The third-order valence-electron chi connectivity index (χ3n) is 3.97. The van der Waals surface area contributed by atoms with Crippen LogP contribution in [-0.4, -0.2) is 81.4 Å². The molecule has 2 rings (SSSR count). The van der Waals surface area contributed by atoms with Crippen LogP contribution in [0.4, 0.5) is 0 Å². The van der Waals surface area contributed by atoms with E-state index in [-0.39, 0.29) is 23.5 Å². The van der Waals surface area contributed by atoms with Gasteiger partial charge in [-0.15, -0.1) is 0 Å². The van der Waals surface area contributed by atoms with Crippen molar-refractivity contribution in [3.63, 3.8) is 0 Å². The first-order valence-electron chi connectivity index (χ1n) is 6.75. The molecule has 1 amide bonds. The second-order valence-electron chi connectivity index (χ2n) is 5.72. The zero-order valence-electron chi connectivity index (χ0n) is 11.6. The lowest BCUT2D eigenvalue weighted by molar-refractivity contribution is -0.130. The van der Waals surface area contributed by atoms with Gasteiger partial charge in [-0.3, -0.25) is 4.79 Å². The molecule has 2 heterocycles. The molecular formula is C12H23N3O3S. The zero-order chi connectivity index (χ0) is 14.0. The molecular weight excluding hydrogens is 266 g/mol. The average Bonchev–Trinajstić information content (AvgIpc) is 2.76. The van der Waals surface area contributed by atoms with Crippen LogP contribution in [0, 0.1) is 0 Å². The number of nitrogens with one attached hydrogen (secondary N) is 1. The molecule has 2 aliphatic heterocycles. The topological polar surface area (TPSA) is 69.7 Å². The minimum absolute atomic E-state index is 0.0685. The number of nitrogens with zero attached hydrogens (tertiary/aromatic N) is 2. The van der Waals surface area contributed by atoms with Crippen LogP contribution >= 0.6 is 0 Å². The summed E-state index contributed by atoms with van der Waals surface area (Å²) in [4.78, 5) is 16.2. The highest BCUT2D eigenvalue weighted by atomic mass is 32.2. The largest absolute Gasteiger partial charge is 0.341 e. The molecule has 0 spiro atoms. The zero-order valence-corrected chi connectivity index (χ0v) is 12.4. The first-order chi connectivity index (χ1) is 8.87. The molecule has 0 radical (unpaired) electrons. The number of carbonyl (C=O) groups excluding carboxylic acids is 1. The van der Waals surface area contributed by atoms with E-state index in [9.17, 15) is 13.2 Å². The highest BCUT2D eigenvalue weighted by Crippen LogP contribution is 2.15. The molecule has 110 valence electrons. The molecule has 7 heteroatoms. The van der Waals surface area contributed by atoms with E-state index in [1.165, 1.54) is 0 Å². The van der Waals surface area contributed by atoms with Gasteiger partial charge in [-0.2, -0.15) is 0 Å². The van der Waals surface area contributed by atoms with Gasteiger partial charge in [0.2, 0.25) is 5.91 Å². The standard InChI is InChI=1S/C12H23N3O3S/c1-14(2)11-3-5-15(8-11)12(16)7-10-9-19(17,18)6-4-13-10/h10-11,13H,3-9H2,1-2H3. The SMILES string of the molecule is CN(C)C1CCN(C(=O)CC2CS(=O)(=O)CCN2)C1. The van der Waals surface area contributed by atoms with Crippen LogP contribution in [0.15, 0.2) is 0 Å². The second-order valence-corrected chi connectivity index (χ2v) is 7.94. The summed E-state index contributed by atoms with van der Waals surface area (Å²) >= 11 is 0. The molecule has 0 aliphatic carbocycles. The Balaban J connectivity index is 1.85. The van der Waals surface area contributed by atoms with Gasteiger partial charge in [-0.05, 0) is 20.5 Å². The van der Waals surface area contributed by atoms with Gasteiger partial charge in [-0.25, -0.2) is 8.42 Å². The van der Waals surface area contributed by atoms with E-state index in [1.54, 1.807) is 0 Å². The number of sulfone groups is 1. The number of hydrogen-bond donors (Lipinski definition) is 1. The first-order valence-corrected chi connectivity index (χ1v) is 8.57. The lowest BCUT2D eigenvalue weighted by Crippen LogP contribution is -2.47. The van der Waals surface area contributed by atoms with Crippen LogP contribution in [-0.2, 0) is 14.6 Å². The molecule has 0 aromatic rings. The third kappa shape index (κ3) is 3.90. The third-order valence-corrected chi connectivity index (χ3v) is 5.70. The van der Waals surface area contributed by atoms with E-state index in [0.29, 0.717) is 19.0 Å². The fraction of sp³-hybridized carbons (Fsp3) is 0.917. The quantitative estimate of drug-likeness (QED) is 0.716. The van der Waals surface area contributed by atoms with Crippen LogP contribution in [0.25, 0.3) is 0 Å². The summed E-state index contributed by atoms with van der Waals surface area (Å²) in [7, 11) is 1.08. The van der Waals surface area contributed by atoms with Crippen LogP contribution in [0.2, 0.25) is 0 Å². The molecule has 6 nitrogen and oxygen atoms in total. The minimum atomic E-state index is -2.97. The Hall–Kier alpha value is -0.660. The second kappa shape index (κ2) is 5.76. The Kier molecular flexibility index (Phi) is 4.47. The molecule has 0 bridgehead atoms. The fourth-order valence-electron chi connectivity index (χ4n) is 2.73. The number of carbonyl (C=O) groups is 1. The molecule has 2 aliphatic rings. The van der Waals surface area contributed by atoms with Crippen molar-refractivity contribution in [3.05, 3.63) is 0 Å². The maximum Gasteiger partial charge on any atom is 0.224 e. The maximum absolute atomic E-state index is 12.2. The Bertz CT molecular complexity index is 436. The van der Waals surface area contributed by atoms with Crippen LogP contribution in [0.1, 0.15) is 12.8 Å². The molecule has 2 fully saturated rings. The molecule has 2 unspecified atom stereocenters.